The minimum Gasteiger partial charge on any atom is -0.348 e. The number of benzene rings is 3. The van der Waals surface area contributed by atoms with Crippen molar-refractivity contribution in [3.05, 3.63) is 101 Å². The van der Waals surface area contributed by atoms with Gasteiger partial charge in [-0.1, -0.05) is 49.4 Å². The van der Waals surface area contributed by atoms with Gasteiger partial charge in [-0.2, -0.15) is 0 Å². The Morgan fingerprint density at radius 3 is 2.15 bits per heavy atom. The predicted molar refractivity (Wildman–Crippen MR) is 136 cm³/mol. The maximum atomic E-state index is 12.4. The minimum atomic E-state index is -3.68. The van der Waals surface area contributed by atoms with Gasteiger partial charge < -0.3 is 10.6 Å². The zero-order valence-corrected chi connectivity index (χ0v) is 19.6. The van der Waals surface area contributed by atoms with Crippen LogP contribution in [0.25, 0.3) is 6.08 Å². The molecule has 176 valence electrons. The Kier molecular flexibility index (Phi) is 8.59. The molecular formula is C26H27N3O4S. The number of amides is 2. The fourth-order valence-electron chi connectivity index (χ4n) is 3.06. The predicted octanol–water partition coefficient (Wildman–Crippen LogP) is 4.77. The standard InChI is InChI=1S/C26H27N3O4S/c1-2-6-25(30)28-23-13-9-21(10-14-23)19-27-26(31)22-11-15-24(16-12-22)29-34(32,33)18-17-20-7-4-3-5-8-20/h3-5,7-18,29H,2,6,19H2,1H3,(H,27,31)(H,28,30)/b18-17+. The van der Waals surface area contributed by atoms with Gasteiger partial charge in [0.05, 0.1) is 5.41 Å². The SMILES string of the molecule is CCCC(=O)Nc1ccc(CNC(=O)c2ccc(NS(=O)(=O)/C=C/c3ccccc3)cc2)cc1. The monoisotopic (exact) mass is 477 g/mol. The lowest BCUT2D eigenvalue weighted by molar-refractivity contribution is -0.116. The normalized spacial score (nSPS) is 11.2. The zero-order chi connectivity index (χ0) is 24.4. The van der Waals surface area contributed by atoms with Gasteiger partial charge in [0, 0.05) is 29.9 Å². The number of rotatable bonds is 10. The van der Waals surface area contributed by atoms with Crippen LogP contribution in [0.2, 0.25) is 0 Å². The molecule has 34 heavy (non-hydrogen) atoms. The topological polar surface area (TPSA) is 104 Å². The summed E-state index contributed by atoms with van der Waals surface area (Å²) in [7, 11) is -3.68. The second kappa shape index (κ2) is 11.8. The number of hydrogen-bond donors (Lipinski definition) is 3. The first-order valence-electron chi connectivity index (χ1n) is 10.9. The van der Waals surface area contributed by atoms with Crippen LogP contribution in [0.5, 0.6) is 0 Å². The molecule has 0 aliphatic carbocycles. The van der Waals surface area contributed by atoms with Crippen LogP contribution in [0.4, 0.5) is 11.4 Å². The molecule has 0 radical (unpaired) electrons. The van der Waals surface area contributed by atoms with Gasteiger partial charge in [0.1, 0.15) is 0 Å². The van der Waals surface area contributed by atoms with Crippen LogP contribution in [0.1, 0.15) is 41.3 Å². The Labute approximate surface area is 200 Å². The highest BCUT2D eigenvalue weighted by Gasteiger charge is 2.09. The largest absolute Gasteiger partial charge is 0.348 e. The Morgan fingerprint density at radius 1 is 0.853 bits per heavy atom. The van der Waals surface area contributed by atoms with E-state index in [1.165, 1.54) is 18.2 Å². The average molecular weight is 478 g/mol. The van der Waals surface area contributed by atoms with E-state index in [1.54, 1.807) is 36.4 Å². The van der Waals surface area contributed by atoms with Gasteiger partial charge in [0.15, 0.2) is 0 Å². The summed E-state index contributed by atoms with van der Waals surface area (Å²) in [6, 6.07) is 22.6. The van der Waals surface area contributed by atoms with Crippen molar-refractivity contribution in [2.75, 3.05) is 10.0 Å². The molecule has 0 saturated carbocycles. The molecule has 0 fully saturated rings. The zero-order valence-electron chi connectivity index (χ0n) is 18.8. The van der Waals surface area contributed by atoms with Crippen LogP contribution in [-0.4, -0.2) is 20.2 Å². The minimum absolute atomic E-state index is 0.0264. The molecule has 0 aliphatic rings. The molecule has 0 spiro atoms. The molecule has 2 amide bonds. The van der Waals surface area contributed by atoms with Crippen LogP contribution in [0.15, 0.2) is 84.3 Å². The van der Waals surface area contributed by atoms with Crippen molar-refractivity contribution >= 4 is 39.3 Å². The maximum absolute atomic E-state index is 12.4. The molecule has 0 bridgehead atoms. The second-order valence-electron chi connectivity index (χ2n) is 7.62. The number of carbonyl (C=O) groups excluding carboxylic acids is 2. The summed E-state index contributed by atoms with van der Waals surface area (Å²) in [4.78, 5) is 24.1. The first-order valence-corrected chi connectivity index (χ1v) is 12.4. The van der Waals surface area contributed by atoms with Crippen molar-refractivity contribution in [1.29, 1.82) is 0 Å². The molecule has 3 aromatic carbocycles. The second-order valence-corrected chi connectivity index (χ2v) is 9.18. The highest BCUT2D eigenvalue weighted by molar-refractivity contribution is 7.95. The van der Waals surface area contributed by atoms with E-state index in [9.17, 15) is 18.0 Å². The number of anilines is 2. The summed E-state index contributed by atoms with van der Waals surface area (Å²) in [5, 5.41) is 6.75. The molecule has 7 nitrogen and oxygen atoms in total. The van der Waals surface area contributed by atoms with E-state index in [4.69, 9.17) is 0 Å². The molecule has 0 heterocycles. The molecule has 0 unspecified atom stereocenters. The van der Waals surface area contributed by atoms with Gasteiger partial charge in [0.2, 0.25) is 5.91 Å². The van der Waals surface area contributed by atoms with E-state index in [-0.39, 0.29) is 11.8 Å². The smallest absolute Gasteiger partial charge is 0.255 e. The molecular weight excluding hydrogens is 450 g/mol. The third kappa shape index (κ3) is 7.90. The first-order chi connectivity index (χ1) is 16.3. The molecule has 8 heteroatoms. The number of nitrogens with one attached hydrogen (secondary N) is 3. The molecule has 3 aromatic rings. The Hall–Kier alpha value is -3.91. The third-order valence-corrected chi connectivity index (χ3v) is 5.83. The van der Waals surface area contributed by atoms with Crippen molar-refractivity contribution in [2.24, 2.45) is 0 Å². The van der Waals surface area contributed by atoms with Crippen LogP contribution < -0.4 is 15.4 Å². The van der Waals surface area contributed by atoms with E-state index in [0.717, 1.165) is 23.0 Å². The molecule has 3 N–H and O–H groups in total. The summed E-state index contributed by atoms with van der Waals surface area (Å²) in [5.41, 5.74) is 3.14. The van der Waals surface area contributed by atoms with Crippen LogP contribution in [0, 0.1) is 0 Å². The van der Waals surface area contributed by atoms with Gasteiger partial charge >= 0.3 is 0 Å². The number of sulfonamides is 1. The fraction of sp³-hybridized carbons (Fsp3) is 0.154. The van der Waals surface area contributed by atoms with Crippen LogP contribution in [-0.2, 0) is 21.4 Å². The van der Waals surface area contributed by atoms with Crippen molar-refractivity contribution in [2.45, 2.75) is 26.3 Å². The van der Waals surface area contributed by atoms with Gasteiger partial charge in [-0.3, -0.25) is 14.3 Å². The van der Waals surface area contributed by atoms with Gasteiger partial charge in [-0.25, -0.2) is 8.42 Å². The van der Waals surface area contributed by atoms with E-state index >= 15 is 0 Å². The quantitative estimate of drug-likeness (QED) is 0.391. The Bertz CT molecular complexity index is 1240. The lowest BCUT2D eigenvalue weighted by atomic mass is 10.1. The number of carbonyl (C=O) groups is 2. The molecule has 0 saturated heterocycles. The Morgan fingerprint density at radius 2 is 1.50 bits per heavy atom. The highest BCUT2D eigenvalue weighted by Crippen LogP contribution is 2.14. The Balaban J connectivity index is 1.52. The van der Waals surface area contributed by atoms with Crippen molar-refractivity contribution in [3.63, 3.8) is 0 Å². The summed E-state index contributed by atoms with van der Waals surface area (Å²) in [6.45, 7) is 2.27. The van der Waals surface area contributed by atoms with Gasteiger partial charge in [-0.15, -0.1) is 0 Å². The average Bonchev–Trinajstić information content (AvgIpc) is 2.83. The molecule has 0 atom stereocenters. The van der Waals surface area contributed by atoms with Crippen molar-refractivity contribution in [1.82, 2.24) is 5.32 Å². The first kappa shape index (κ1) is 24.7. The maximum Gasteiger partial charge on any atom is 0.255 e. The van der Waals surface area contributed by atoms with E-state index in [2.05, 4.69) is 15.4 Å². The summed E-state index contributed by atoms with van der Waals surface area (Å²) in [5.74, 6) is -0.305. The van der Waals surface area contributed by atoms with Gasteiger partial charge in [0.25, 0.3) is 15.9 Å². The molecule has 0 aromatic heterocycles. The molecule has 3 rings (SSSR count). The van der Waals surface area contributed by atoms with Crippen LogP contribution >= 0.6 is 0 Å². The lowest BCUT2D eigenvalue weighted by Crippen LogP contribution is -2.22. The summed E-state index contributed by atoms with van der Waals surface area (Å²) >= 11 is 0. The van der Waals surface area contributed by atoms with Crippen LogP contribution in [0.3, 0.4) is 0 Å². The van der Waals surface area contributed by atoms with Crippen molar-refractivity contribution < 1.29 is 18.0 Å². The summed E-state index contributed by atoms with van der Waals surface area (Å²) < 4.78 is 27.0. The molecule has 0 aliphatic heterocycles. The van der Waals surface area contributed by atoms with E-state index < -0.39 is 10.0 Å². The van der Waals surface area contributed by atoms with E-state index in [1.807, 2.05) is 37.3 Å². The third-order valence-electron chi connectivity index (χ3n) is 4.81. The van der Waals surface area contributed by atoms with E-state index in [0.29, 0.717) is 29.9 Å². The lowest BCUT2D eigenvalue weighted by Gasteiger charge is -2.09. The summed E-state index contributed by atoms with van der Waals surface area (Å²) in [6.07, 6.45) is 2.77. The fourth-order valence-corrected chi connectivity index (χ4v) is 3.93. The van der Waals surface area contributed by atoms with Gasteiger partial charge in [-0.05, 0) is 60.0 Å². The highest BCUT2D eigenvalue weighted by atomic mass is 32.2. The number of hydrogen-bond acceptors (Lipinski definition) is 4. The van der Waals surface area contributed by atoms with Crippen molar-refractivity contribution in [3.8, 4) is 0 Å².